The van der Waals surface area contributed by atoms with Gasteiger partial charge in [0.15, 0.2) is 0 Å². The molecule has 1 N–H and O–H groups in total. The molecule has 0 saturated heterocycles. The summed E-state index contributed by atoms with van der Waals surface area (Å²) in [5, 5.41) is 12.7. The Morgan fingerprint density at radius 1 is 1.50 bits per heavy atom. The standard InChI is InChI=1S/C14H19ClN2O/c1-10(8-16)17-9-14(2,3)12-7-11(15)5-6-13(12)18-4/h5-7,10,17H,9H2,1-4H3. The summed E-state index contributed by atoms with van der Waals surface area (Å²) in [5.74, 6) is 0.816. The topological polar surface area (TPSA) is 45.0 Å². The highest BCUT2D eigenvalue weighted by Crippen LogP contribution is 2.33. The van der Waals surface area contributed by atoms with Gasteiger partial charge in [0.1, 0.15) is 5.75 Å². The summed E-state index contributed by atoms with van der Waals surface area (Å²) in [6.07, 6.45) is 0. The minimum Gasteiger partial charge on any atom is -0.496 e. The van der Waals surface area contributed by atoms with Crippen LogP contribution in [0, 0.1) is 11.3 Å². The minimum atomic E-state index is -0.172. The fourth-order valence-corrected chi connectivity index (χ4v) is 1.93. The van der Waals surface area contributed by atoms with E-state index in [9.17, 15) is 0 Å². The van der Waals surface area contributed by atoms with Crippen molar-refractivity contribution in [1.82, 2.24) is 5.32 Å². The van der Waals surface area contributed by atoms with E-state index in [2.05, 4.69) is 25.2 Å². The molecule has 98 valence electrons. The highest BCUT2D eigenvalue weighted by Gasteiger charge is 2.25. The summed E-state index contributed by atoms with van der Waals surface area (Å²) < 4.78 is 5.37. The van der Waals surface area contributed by atoms with Crippen LogP contribution in [0.3, 0.4) is 0 Å². The van der Waals surface area contributed by atoms with Crippen molar-refractivity contribution >= 4 is 11.6 Å². The Morgan fingerprint density at radius 3 is 2.72 bits per heavy atom. The van der Waals surface area contributed by atoms with Gasteiger partial charge in [-0.05, 0) is 25.1 Å². The fraction of sp³-hybridized carbons (Fsp3) is 0.500. The number of nitrogens with zero attached hydrogens (tertiary/aromatic N) is 1. The summed E-state index contributed by atoms with van der Waals surface area (Å²) in [5.41, 5.74) is 0.872. The number of nitrogens with one attached hydrogen (secondary N) is 1. The van der Waals surface area contributed by atoms with E-state index in [0.717, 1.165) is 11.3 Å². The van der Waals surface area contributed by atoms with Crippen LogP contribution in [-0.4, -0.2) is 19.7 Å². The smallest absolute Gasteiger partial charge is 0.122 e. The van der Waals surface area contributed by atoms with Crippen molar-refractivity contribution in [2.24, 2.45) is 0 Å². The van der Waals surface area contributed by atoms with Crippen LogP contribution >= 0.6 is 11.6 Å². The number of hydrogen-bond acceptors (Lipinski definition) is 3. The SMILES string of the molecule is COc1ccc(Cl)cc1C(C)(C)CNC(C)C#N. The van der Waals surface area contributed by atoms with E-state index >= 15 is 0 Å². The third-order valence-corrected chi connectivity index (χ3v) is 3.17. The lowest BCUT2D eigenvalue weighted by atomic mass is 9.83. The first-order chi connectivity index (χ1) is 8.40. The van der Waals surface area contributed by atoms with Crippen molar-refractivity contribution in [3.05, 3.63) is 28.8 Å². The monoisotopic (exact) mass is 266 g/mol. The molecule has 3 nitrogen and oxygen atoms in total. The van der Waals surface area contributed by atoms with E-state index in [-0.39, 0.29) is 11.5 Å². The second-order valence-corrected chi connectivity index (χ2v) is 5.40. The molecule has 0 bridgehead atoms. The molecule has 0 saturated carbocycles. The summed E-state index contributed by atoms with van der Waals surface area (Å²) in [6, 6.07) is 7.58. The Bertz CT molecular complexity index is 452. The molecule has 1 atom stereocenters. The predicted molar refractivity (Wildman–Crippen MR) is 74.1 cm³/mol. The number of rotatable bonds is 5. The fourth-order valence-electron chi connectivity index (χ4n) is 1.76. The molecule has 0 radical (unpaired) electrons. The average molecular weight is 267 g/mol. The largest absolute Gasteiger partial charge is 0.496 e. The highest BCUT2D eigenvalue weighted by atomic mass is 35.5. The molecule has 1 rings (SSSR count). The van der Waals surface area contributed by atoms with Crippen molar-refractivity contribution in [3.8, 4) is 11.8 Å². The van der Waals surface area contributed by atoms with Crippen LogP contribution in [0.5, 0.6) is 5.75 Å². The van der Waals surface area contributed by atoms with Gasteiger partial charge in [0.05, 0.1) is 19.2 Å². The van der Waals surface area contributed by atoms with Crippen LogP contribution in [0.1, 0.15) is 26.3 Å². The van der Waals surface area contributed by atoms with Gasteiger partial charge in [-0.25, -0.2) is 0 Å². The molecule has 0 aliphatic rings. The molecule has 0 spiro atoms. The van der Waals surface area contributed by atoms with E-state index in [1.165, 1.54) is 0 Å². The van der Waals surface area contributed by atoms with E-state index < -0.39 is 0 Å². The second kappa shape index (κ2) is 6.08. The minimum absolute atomic E-state index is 0.165. The van der Waals surface area contributed by atoms with E-state index in [4.69, 9.17) is 21.6 Å². The Labute approximate surface area is 114 Å². The summed E-state index contributed by atoms with van der Waals surface area (Å²) in [6.45, 7) is 6.71. The lowest BCUT2D eigenvalue weighted by Gasteiger charge is -2.28. The zero-order valence-corrected chi connectivity index (χ0v) is 12.0. The zero-order valence-electron chi connectivity index (χ0n) is 11.2. The maximum Gasteiger partial charge on any atom is 0.122 e. The molecule has 18 heavy (non-hydrogen) atoms. The number of benzene rings is 1. The van der Waals surface area contributed by atoms with Gasteiger partial charge in [-0.1, -0.05) is 25.4 Å². The third-order valence-electron chi connectivity index (χ3n) is 2.93. The number of methoxy groups -OCH3 is 1. The van der Waals surface area contributed by atoms with E-state index in [1.807, 2.05) is 25.1 Å². The van der Waals surface area contributed by atoms with Crippen LogP contribution in [0.25, 0.3) is 0 Å². The van der Waals surface area contributed by atoms with Crippen molar-refractivity contribution in [3.63, 3.8) is 0 Å². The van der Waals surface area contributed by atoms with Gasteiger partial charge in [0.25, 0.3) is 0 Å². The van der Waals surface area contributed by atoms with Crippen LogP contribution in [0.2, 0.25) is 5.02 Å². The van der Waals surface area contributed by atoms with Gasteiger partial charge >= 0.3 is 0 Å². The maximum atomic E-state index is 8.79. The summed E-state index contributed by atoms with van der Waals surface area (Å²) in [7, 11) is 1.65. The first kappa shape index (κ1) is 14.8. The summed E-state index contributed by atoms with van der Waals surface area (Å²) >= 11 is 6.04. The van der Waals surface area contributed by atoms with Crippen molar-refractivity contribution in [2.75, 3.05) is 13.7 Å². The molecule has 0 aromatic heterocycles. The first-order valence-electron chi connectivity index (χ1n) is 5.87. The van der Waals surface area contributed by atoms with Crippen LogP contribution in [0.4, 0.5) is 0 Å². The van der Waals surface area contributed by atoms with Gasteiger partial charge in [-0.2, -0.15) is 5.26 Å². The van der Waals surface area contributed by atoms with E-state index in [1.54, 1.807) is 7.11 Å². The molecule has 1 aromatic rings. The number of ether oxygens (including phenoxy) is 1. The molecule has 0 amide bonds. The molecule has 1 unspecified atom stereocenters. The number of hydrogen-bond donors (Lipinski definition) is 1. The maximum absolute atomic E-state index is 8.79. The van der Waals surface area contributed by atoms with Crippen LogP contribution in [-0.2, 0) is 5.41 Å². The normalized spacial score (nSPS) is 12.9. The van der Waals surface area contributed by atoms with Gasteiger partial charge in [-0.15, -0.1) is 0 Å². The third kappa shape index (κ3) is 3.63. The number of nitriles is 1. The van der Waals surface area contributed by atoms with Crippen molar-refractivity contribution in [1.29, 1.82) is 5.26 Å². The van der Waals surface area contributed by atoms with Crippen LogP contribution < -0.4 is 10.1 Å². The van der Waals surface area contributed by atoms with Gasteiger partial charge in [0.2, 0.25) is 0 Å². The summed E-state index contributed by atoms with van der Waals surface area (Å²) in [4.78, 5) is 0. The Balaban J connectivity index is 2.96. The molecule has 0 aliphatic carbocycles. The lowest BCUT2D eigenvalue weighted by Crippen LogP contribution is -2.37. The molecule has 0 fully saturated rings. The Hall–Kier alpha value is -1.24. The molecular weight excluding hydrogens is 248 g/mol. The second-order valence-electron chi connectivity index (χ2n) is 4.96. The Kier molecular flexibility index (Phi) is 5.01. The van der Waals surface area contributed by atoms with Gasteiger partial charge < -0.3 is 10.1 Å². The van der Waals surface area contributed by atoms with Crippen molar-refractivity contribution in [2.45, 2.75) is 32.2 Å². The lowest BCUT2D eigenvalue weighted by molar-refractivity contribution is 0.383. The zero-order chi connectivity index (χ0) is 13.8. The average Bonchev–Trinajstić information content (AvgIpc) is 2.36. The van der Waals surface area contributed by atoms with Gasteiger partial charge in [-0.3, -0.25) is 0 Å². The molecule has 0 aliphatic heterocycles. The quantitative estimate of drug-likeness (QED) is 0.891. The molecule has 1 aromatic carbocycles. The predicted octanol–water partition coefficient (Wildman–Crippen LogP) is 3.13. The first-order valence-corrected chi connectivity index (χ1v) is 6.25. The number of halogens is 1. The molecule has 0 heterocycles. The van der Waals surface area contributed by atoms with Crippen molar-refractivity contribution < 1.29 is 4.74 Å². The van der Waals surface area contributed by atoms with E-state index in [0.29, 0.717) is 11.6 Å². The Morgan fingerprint density at radius 2 is 2.17 bits per heavy atom. The molecular formula is C14H19ClN2O. The van der Waals surface area contributed by atoms with Crippen LogP contribution in [0.15, 0.2) is 18.2 Å². The molecule has 4 heteroatoms. The highest BCUT2D eigenvalue weighted by molar-refractivity contribution is 6.30. The van der Waals surface area contributed by atoms with Gasteiger partial charge in [0, 0.05) is 22.5 Å².